The molecule has 0 saturated carbocycles. The molecule has 25 heavy (non-hydrogen) atoms. The highest BCUT2D eigenvalue weighted by atomic mass is 79.9. The number of carbonyl (C=O) groups excluding carboxylic acids is 1. The van der Waals surface area contributed by atoms with Crippen molar-refractivity contribution in [3.05, 3.63) is 58.1 Å². The number of carbonyl (C=O) groups is 1. The summed E-state index contributed by atoms with van der Waals surface area (Å²) in [6.07, 6.45) is 1.84. The van der Waals surface area contributed by atoms with E-state index in [1.165, 1.54) is 20.2 Å². The van der Waals surface area contributed by atoms with Gasteiger partial charge in [-0.15, -0.1) is 0 Å². The highest BCUT2D eigenvalue weighted by Gasteiger charge is 2.26. The molecular formula is C18H19BrN2O3S. The van der Waals surface area contributed by atoms with Gasteiger partial charge in [-0.05, 0) is 58.6 Å². The average molecular weight is 423 g/mol. The number of hydrogen-bond donors (Lipinski definition) is 0. The van der Waals surface area contributed by atoms with Gasteiger partial charge in [-0.3, -0.25) is 4.79 Å². The van der Waals surface area contributed by atoms with E-state index in [4.69, 9.17) is 0 Å². The predicted molar refractivity (Wildman–Crippen MR) is 101 cm³/mol. The van der Waals surface area contributed by atoms with Crippen LogP contribution in [0.15, 0.2) is 51.8 Å². The minimum Gasteiger partial charge on any atom is -0.308 e. The van der Waals surface area contributed by atoms with E-state index >= 15 is 0 Å². The van der Waals surface area contributed by atoms with Gasteiger partial charge in [0, 0.05) is 36.4 Å². The van der Waals surface area contributed by atoms with E-state index < -0.39 is 10.0 Å². The summed E-state index contributed by atoms with van der Waals surface area (Å²) in [4.78, 5) is 14.8. The van der Waals surface area contributed by atoms with Crippen LogP contribution in [0, 0.1) is 0 Å². The number of rotatable bonds is 3. The largest absolute Gasteiger partial charge is 0.308 e. The van der Waals surface area contributed by atoms with Crippen LogP contribution in [-0.4, -0.2) is 39.3 Å². The number of halogens is 1. The number of para-hydroxylation sites is 1. The molecule has 0 fully saturated rings. The number of hydrogen-bond acceptors (Lipinski definition) is 3. The fraction of sp³-hybridized carbons (Fsp3) is 0.278. The Hall–Kier alpha value is -1.70. The summed E-state index contributed by atoms with van der Waals surface area (Å²) in [5, 5.41) is 0. The van der Waals surface area contributed by atoms with Crippen molar-refractivity contribution in [2.24, 2.45) is 0 Å². The molecule has 0 saturated heterocycles. The summed E-state index contributed by atoms with van der Waals surface area (Å²) >= 11 is 3.27. The maximum Gasteiger partial charge on any atom is 0.258 e. The Labute approximate surface area is 156 Å². The fourth-order valence-electron chi connectivity index (χ4n) is 2.93. The molecule has 0 radical (unpaired) electrons. The first kappa shape index (κ1) is 18.1. The molecule has 1 heterocycles. The number of amides is 1. The summed E-state index contributed by atoms with van der Waals surface area (Å²) < 4.78 is 26.5. The average Bonchev–Trinajstić information content (AvgIpc) is 2.60. The number of benzene rings is 2. The third-order valence-electron chi connectivity index (χ3n) is 4.29. The molecule has 0 unspecified atom stereocenters. The van der Waals surface area contributed by atoms with Gasteiger partial charge in [0.2, 0.25) is 10.0 Å². The standard InChI is InChI=1S/C18H19BrN2O3S/c1-20(2)25(23,24)17-12-14(9-10-15(17)19)18(22)21-11-5-7-13-6-3-4-8-16(13)21/h3-4,6,8-10,12H,5,7,11H2,1-2H3. The molecule has 0 bridgehead atoms. The fourth-order valence-corrected chi connectivity index (χ4v) is 4.78. The molecule has 2 aromatic carbocycles. The number of sulfonamides is 1. The second-order valence-electron chi connectivity index (χ2n) is 6.12. The summed E-state index contributed by atoms with van der Waals surface area (Å²) in [5.74, 6) is -0.185. The van der Waals surface area contributed by atoms with E-state index in [0.29, 0.717) is 16.6 Å². The molecule has 2 aromatic rings. The molecule has 0 aromatic heterocycles. The molecule has 1 aliphatic rings. The van der Waals surface area contributed by atoms with Gasteiger partial charge in [0.25, 0.3) is 5.91 Å². The summed E-state index contributed by atoms with van der Waals surface area (Å²) in [7, 11) is -0.700. The van der Waals surface area contributed by atoms with E-state index in [1.807, 2.05) is 24.3 Å². The second-order valence-corrected chi connectivity index (χ2v) is 9.10. The molecule has 0 N–H and O–H groups in total. The van der Waals surface area contributed by atoms with Crippen LogP contribution < -0.4 is 4.90 Å². The number of anilines is 1. The van der Waals surface area contributed by atoms with Gasteiger partial charge in [-0.2, -0.15) is 0 Å². The first-order valence-electron chi connectivity index (χ1n) is 7.94. The number of nitrogens with zero attached hydrogens (tertiary/aromatic N) is 2. The lowest BCUT2D eigenvalue weighted by Gasteiger charge is -2.29. The maximum atomic E-state index is 13.0. The van der Waals surface area contributed by atoms with Crippen molar-refractivity contribution in [3.8, 4) is 0 Å². The Morgan fingerprint density at radius 1 is 1.16 bits per heavy atom. The van der Waals surface area contributed by atoms with Crippen molar-refractivity contribution in [1.29, 1.82) is 0 Å². The first-order chi connectivity index (χ1) is 11.8. The third-order valence-corrected chi connectivity index (χ3v) is 7.10. The van der Waals surface area contributed by atoms with Crippen LogP contribution in [-0.2, 0) is 16.4 Å². The Balaban J connectivity index is 2.03. The quantitative estimate of drug-likeness (QED) is 0.762. The number of aryl methyl sites for hydroxylation is 1. The van der Waals surface area contributed by atoms with Crippen LogP contribution in [0.25, 0.3) is 0 Å². The van der Waals surface area contributed by atoms with Crippen LogP contribution in [0.1, 0.15) is 22.3 Å². The van der Waals surface area contributed by atoms with Crippen LogP contribution in [0.4, 0.5) is 5.69 Å². The lowest BCUT2D eigenvalue weighted by molar-refractivity contribution is 0.0985. The van der Waals surface area contributed by atoms with Gasteiger partial charge in [-0.25, -0.2) is 12.7 Å². The molecule has 0 aliphatic carbocycles. The van der Waals surface area contributed by atoms with Crippen molar-refractivity contribution in [3.63, 3.8) is 0 Å². The van der Waals surface area contributed by atoms with Gasteiger partial charge in [0.1, 0.15) is 0 Å². The Bertz CT molecular complexity index is 926. The first-order valence-corrected chi connectivity index (χ1v) is 10.2. The van der Waals surface area contributed by atoms with Gasteiger partial charge in [0.05, 0.1) is 4.90 Å². The molecule has 132 valence electrons. The third kappa shape index (κ3) is 3.36. The topological polar surface area (TPSA) is 57.7 Å². The zero-order valence-electron chi connectivity index (χ0n) is 14.1. The van der Waals surface area contributed by atoms with Crippen LogP contribution in [0.5, 0.6) is 0 Å². The van der Waals surface area contributed by atoms with Crippen molar-refractivity contribution >= 4 is 37.5 Å². The Morgan fingerprint density at radius 3 is 2.60 bits per heavy atom. The van der Waals surface area contributed by atoms with E-state index in [9.17, 15) is 13.2 Å². The molecule has 5 nitrogen and oxygen atoms in total. The van der Waals surface area contributed by atoms with E-state index in [1.54, 1.807) is 17.0 Å². The molecule has 3 rings (SSSR count). The normalized spacial score (nSPS) is 14.5. The maximum absolute atomic E-state index is 13.0. The van der Waals surface area contributed by atoms with Crippen LogP contribution in [0.2, 0.25) is 0 Å². The van der Waals surface area contributed by atoms with Crippen LogP contribution >= 0.6 is 15.9 Å². The van der Waals surface area contributed by atoms with Gasteiger partial charge in [0.15, 0.2) is 0 Å². The van der Waals surface area contributed by atoms with Gasteiger partial charge < -0.3 is 4.90 Å². The minimum absolute atomic E-state index is 0.0913. The lowest BCUT2D eigenvalue weighted by atomic mass is 10.0. The van der Waals surface area contributed by atoms with E-state index in [-0.39, 0.29) is 10.8 Å². The van der Waals surface area contributed by atoms with Gasteiger partial charge in [-0.1, -0.05) is 18.2 Å². The molecule has 0 atom stereocenters. The summed E-state index contributed by atoms with van der Waals surface area (Å²) in [6.45, 7) is 0.627. The molecule has 1 amide bonds. The molecule has 7 heteroatoms. The van der Waals surface area contributed by atoms with Crippen molar-refractivity contribution in [2.75, 3.05) is 25.5 Å². The minimum atomic E-state index is -3.64. The molecular weight excluding hydrogens is 404 g/mol. The monoisotopic (exact) mass is 422 g/mol. The zero-order valence-corrected chi connectivity index (χ0v) is 16.5. The highest BCUT2D eigenvalue weighted by Crippen LogP contribution is 2.30. The smallest absolute Gasteiger partial charge is 0.258 e. The van der Waals surface area contributed by atoms with E-state index in [0.717, 1.165) is 28.4 Å². The zero-order chi connectivity index (χ0) is 18.2. The lowest BCUT2D eigenvalue weighted by Crippen LogP contribution is -2.35. The predicted octanol–water partition coefficient (Wildman–Crippen LogP) is 3.29. The summed E-state index contributed by atoms with van der Waals surface area (Å²) in [5.41, 5.74) is 2.40. The van der Waals surface area contributed by atoms with Crippen LogP contribution in [0.3, 0.4) is 0 Å². The molecule has 0 spiro atoms. The molecule has 1 aliphatic heterocycles. The SMILES string of the molecule is CN(C)S(=O)(=O)c1cc(C(=O)N2CCCc3ccccc32)ccc1Br. The second kappa shape index (κ2) is 6.90. The van der Waals surface area contributed by atoms with Crippen molar-refractivity contribution in [1.82, 2.24) is 4.31 Å². The van der Waals surface area contributed by atoms with Gasteiger partial charge >= 0.3 is 0 Å². The van der Waals surface area contributed by atoms with E-state index in [2.05, 4.69) is 15.9 Å². The Morgan fingerprint density at radius 2 is 1.88 bits per heavy atom. The number of fused-ring (bicyclic) bond motifs is 1. The Kier molecular flexibility index (Phi) is 4.99. The van der Waals surface area contributed by atoms with Crippen molar-refractivity contribution in [2.45, 2.75) is 17.7 Å². The summed E-state index contributed by atoms with van der Waals surface area (Å²) in [6, 6.07) is 12.5. The van der Waals surface area contributed by atoms with Crippen molar-refractivity contribution < 1.29 is 13.2 Å². The highest BCUT2D eigenvalue weighted by molar-refractivity contribution is 9.10.